The Kier molecular flexibility index (Phi) is 8.34. The van der Waals surface area contributed by atoms with Crippen molar-refractivity contribution < 1.29 is 0 Å². The lowest BCUT2D eigenvalue weighted by Crippen LogP contribution is -2.36. The van der Waals surface area contributed by atoms with Gasteiger partial charge in [0, 0.05) is 37.6 Å². The molecule has 1 aromatic heterocycles. The minimum Gasteiger partial charge on any atom is -0.357 e. The van der Waals surface area contributed by atoms with Gasteiger partial charge in [-0.2, -0.15) is 0 Å². The highest BCUT2D eigenvalue weighted by atomic mass is 127. The first-order chi connectivity index (χ1) is 10.2. The summed E-state index contributed by atoms with van der Waals surface area (Å²) in [5.74, 6) is 0.816. The molecule has 2 rings (SSSR count). The van der Waals surface area contributed by atoms with Gasteiger partial charge in [-0.3, -0.25) is 0 Å². The zero-order valence-corrected chi connectivity index (χ0v) is 15.9. The molecule has 120 valence electrons. The lowest BCUT2D eigenvalue weighted by Gasteiger charge is -2.11. The van der Waals surface area contributed by atoms with Gasteiger partial charge in [0.1, 0.15) is 0 Å². The molecule has 0 aliphatic heterocycles. The molecule has 6 heteroatoms. The van der Waals surface area contributed by atoms with Crippen LogP contribution in [0, 0.1) is 0 Å². The van der Waals surface area contributed by atoms with E-state index in [1.54, 1.807) is 0 Å². The third-order valence-corrected chi connectivity index (χ3v) is 3.28. The largest absolute Gasteiger partial charge is 0.357 e. The number of guanidine groups is 1. The summed E-state index contributed by atoms with van der Waals surface area (Å²) in [6.45, 7) is 4.28. The number of nitrogens with zero attached hydrogens (tertiary/aromatic N) is 2. The third kappa shape index (κ3) is 6.27. The second kappa shape index (κ2) is 9.74. The van der Waals surface area contributed by atoms with Crippen molar-refractivity contribution in [3.63, 3.8) is 0 Å². The van der Waals surface area contributed by atoms with Gasteiger partial charge in [-0.15, -0.1) is 24.0 Å². The number of aryl methyl sites for hydroxylation is 1. The van der Waals surface area contributed by atoms with Crippen molar-refractivity contribution in [3.8, 4) is 0 Å². The number of halogens is 2. The lowest BCUT2D eigenvalue weighted by atomic mass is 10.2. The van der Waals surface area contributed by atoms with E-state index in [1.165, 1.54) is 11.1 Å². The van der Waals surface area contributed by atoms with E-state index < -0.39 is 0 Å². The monoisotopic (exact) mass is 432 g/mol. The van der Waals surface area contributed by atoms with Crippen LogP contribution in [0.4, 0.5) is 0 Å². The fourth-order valence-corrected chi connectivity index (χ4v) is 2.08. The van der Waals surface area contributed by atoms with Gasteiger partial charge in [0.2, 0.25) is 0 Å². The third-order valence-electron chi connectivity index (χ3n) is 3.03. The Morgan fingerprint density at radius 3 is 2.45 bits per heavy atom. The zero-order valence-electron chi connectivity index (χ0n) is 12.8. The van der Waals surface area contributed by atoms with Crippen LogP contribution in [0.25, 0.3) is 0 Å². The number of benzene rings is 1. The normalized spacial score (nSPS) is 11.0. The van der Waals surface area contributed by atoms with E-state index in [0.717, 1.165) is 24.1 Å². The molecule has 0 aliphatic rings. The highest BCUT2D eigenvalue weighted by Crippen LogP contribution is 2.09. The first-order valence-corrected chi connectivity index (χ1v) is 7.42. The van der Waals surface area contributed by atoms with Gasteiger partial charge in [-0.25, -0.2) is 4.99 Å². The highest BCUT2D eigenvalue weighted by molar-refractivity contribution is 14.0. The van der Waals surface area contributed by atoms with Crippen LogP contribution >= 0.6 is 35.6 Å². The Morgan fingerprint density at radius 1 is 1.14 bits per heavy atom. The first-order valence-electron chi connectivity index (χ1n) is 7.05. The molecule has 1 aromatic carbocycles. The molecule has 0 unspecified atom stereocenters. The molecule has 2 N–H and O–H groups in total. The second-order valence-electron chi connectivity index (χ2n) is 4.86. The summed E-state index contributed by atoms with van der Waals surface area (Å²) in [5, 5.41) is 7.32. The molecular weight excluding hydrogens is 411 g/mol. The van der Waals surface area contributed by atoms with Crippen LogP contribution in [0.2, 0.25) is 5.02 Å². The summed E-state index contributed by atoms with van der Waals surface area (Å²) >= 11 is 5.89. The Balaban J connectivity index is 0.00000242. The average molecular weight is 433 g/mol. The molecule has 2 aromatic rings. The van der Waals surface area contributed by atoms with Gasteiger partial charge < -0.3 is 15.2 Å². The Bertz CT molecular complexity index is 592. The van der Waals surface area contributed by atoms with E-state index in [4.69, 9.17) is 11.6 Å². The number of hydrogen-bond donors (Lipinski definition) is 2. The van der Waals surface area contributed by atoms with Gasteiger partial charge >= 0.3 is 0 Å². The van der Waals surface area contributed by atoms with Crippen molar-refractivity contribution >= 4 is 41.5 Å². The van der Waals surface area contributed by atoms with Crippen LogP contribution < -0.4 is 10.6 Å². The molecule has 0 radical (unpaired) electrons. The smallest absolute Gasteiger partial charge is 0.191 e. The van der Waals surface area contributed by atoms with Gasteiger partial charge in [-0.1, -0.05) is 23.7 Å². The predicted molar refractivity (Wildman–Crippen MR) is 104 cm³/mol. The molecule has 0 saturated carbocycles. The standard InChI is InChI=1S/C16H21ClN4.HI/c1-3-18-16(20-11-14-8-9-21(2)12-14)19-10-13-4-6-15(17)7-5-13;/h4-9,12H,3,10-11H2,1-2H3,(H2,18,19,20);1H. The van der Waals surface area contributed by atoms with Gasteiger partial charge in [-0.05, 0) is 36.2 Å². The molecule has 22 heavy (non-hydrogen) atoms. The molecule has 0 amide bonds. The maximum Gasteiger partial charge on any atom is 0.191 e. The molecule has 0 aliphatic carbocycles. The van der Waals surface area contributed by atoms with Crippen molar-refractivity contribution in [2.75, 3.05) is 6.54 Å². The summed E-state index contributed by atoms with van der Waals surface area (Å²) in [5.41, 5.74) is 2.37. The van der Waals surface area contributed by atoms with E-state index in [-0.39, 0.29) is 24.0 Å². The summed E-state index contributed by atoms with van der Waals surface area (Å²) < 4.78 is 2.03. The number of rotatable bonds is 5. The summed E-state index contributed by atoms with van der Waals surface area (Å²) in [6, 6.07) is 9.89. The van der Waals surface area contributed by atoms with Crippen LogP contribution in [-0.4, -0.2) is 17.1 Å². The summed E-state index contributed by atoms with van der Waals surface area (Å²) in [7, 11) is 2.01. The van der Waals surface area contributed by atoms with Crippen molar-refractivity contribution in [1.29, 1.82) is 0 Å². The molecular formula is C16H22ClIN4. The zero-order chi connectivity index (χ0) is 15.1. The SMILES string of the molecule is CCNC(=NCc1ccn(C)c1)NCc1ccc(Cl)cc1.I. The van der Waals surface area contributed by atoms with Crippen molar-refractivity contribution in [2.24, 2.45) is 12.0 Å². The van der Waals surface area contributed by atoms with Crippen LogP contribution in [0.1, 0.15) is 18.1 Å². The van der Waals surface area contributed by atoms with E-state index in [9.17, 15) is 0 Å². The Labute approximate surface area is 154 Å². The minimum absolute atomic E-state index is 0. The quantitative estimate of drug-likeness (QED) is 0.431. The minimum atomic E-state index is 0. The number of aliphatic imine (C=N–C) groups is 1. The maximum absolute atomic E-state index is 5.89. The highest BCUT2D eigenvalue weighted by Gasteiger charge is 1.99. The van der Waals surface area contributed by atoms with Crippen LogP contribution in [0.15, 0.2) is 47.7 Å². The first kappa shape index (κ1) is 18.8. The predicted octanol–water partition coefficient (Wildman–Crippen LogP) is 3.55. The van der Waals surface area contributed by atoms with Crippen LogP contribution in [0.5, 0.6) is 0 Å². The Morgan fingerprint density at radius 2 is 1.86 bits per heavy atom. The molecule has 0 atom stereocenters. The molecule has 0 spiro atoms. The average Bonchev–Trinajstić information content (AvgIpc) is 2.89. The van der Waals surface area contributed by atoms with Crippen molar-refractivity contribution in [2.45, 2.75) is 20.0 Å². The van der Waals surface area contributed by atoms with E-state index >= 15 is 0 Å². The van der Waals surface area contributed by atoms with Crippen LogP contribution in [-0.2, 0) is 20.1 Å². The van der Waals surface area contributed by atoms with Crippen molar-refractivity contribution in [3.05, 3.63) is 58.9 Å². The molecule has 0 bridgehead atoms. The van der Waals surface area contributed by atoms with Crippen molar-refractivity contribution in [1.82, 2.24) is 15.2 Å². The summed E-state index contributed by atoms with van der Waals surface area (Å²) in [6.07, 6.45) is 4.10. The van der Waals surface area contributed by atoms with Gasteiger partial charge in [0.15, 0.2) is 5.96 Å². The maximum atomic E-state index is 5.89. The molecule has 0 fully saturated rings. The van der Waals surface area contributed by atoms with Gasteiger partial charge in [0.05, 0.1) is 6.54 Å². The fraction of sp³-hybridized carbons (Fsp3) is 0.312. The molecule has 1 heterocycles. The topological polar surface area (TPSA) is 41.4 Å². The summed E-state index contributed by atoms with van der Waals surface area (Å²) in [4.78, 5) is 4.58. The fourth-order valence-electron chi connectivity index (χ4n) is 1.95. The Hall–Kier alpha value is -1.21. The number of nitrogens with one attached hydrogen (secondary N) is 2. The lowest BCUT2D eigenvalue weighted by molar-refractivity contribution is 0.815. The van der Waals surface area contributed by atoms with Gasteiger partial charge in [0.25, 0.3) is 0 Å². The van der Waals surface area contributed by atoms with E-state index in [1.807, 2.05) is 42.1 Å². The number of aromatic nitrogens is 1. The second-order valence-corrected chi connectivity index (χ2v) is 5.30. The van der Waals surface area contributed by atoms with Crippen LogP contribution in [0.3, 0.4) is 0 Å². The number of hydrogen-bond acceptors (Lipinski definition) is 1. The van der Waals surface area contributed by atoms with E-state index in [2.05, 4.69) is 34.8 Å². The van der Waals surface area contributed by atoms with E-state index in [0.29, 0.717) is 6.54 Å². The molecule has 4 nitrogen and oxygen atoms in total. The molecule has 0 saturated heterocycles.